The van der Waals surface area contributed by atoms with Crippen molar-refractivity contribution in [1.29, 1.82) is 0 Å². The predicted octanol–water partition coefficient (Wildman–Crippen LogP) is -2.00. The molecule has 0 saturated carbocycles. The van der Waals surface area contributed by atoms with E-state index in [2.05, 4.69) is 8.77 Å². The van der Waals surface area contributed by atoms with E-state index in [1.165, 1.54) is 0 Å². The van der Waals surface area contributed by atoms with Crippen LogP contribution < -0.4 is 5.14 Å². The summed E-state index contributed by atoms with van der Waals surface area (Å²) in [4.78, 5) is 0. The first-order valence-electron chi connectivity index (χ1n) is 1.24. The lowest BCUT2D eigenvalue weighted by Crippen LogP contribution is -2.16. The summed E-state index contributed by atoms with van der Waals surface area (Å²) in [7, 11) is -4.34. The van der Waals surface area contributed by atoms with Gasteiger partial charge < -0.3 is 4.55 Å². The Balaban J connectivity index is 3.95. The fourth-order valence-corrected chi connectivity index (χ4v) is 0.697. The second kappa shape index (κ2) is 2.51. The van der Waals surface area contributed by atoms with Crippen molar-refractivity contribution in [1.82, 2.24) is 0 Å². The van der Waals surface area contributed by atoms with Crippen molar-refractivity contribution in [2.45, 2.75) is 0 Å². The van der Waals surface area contributed by atoms with Crippen LogP contribution in [-0.4, -0.2) is 17.2 Å². The zero-order valence-corrected chi connectivity index (χ0v) is 5.07. The lowest BCUT2D eigenvalue weighted by Gasteiger charge is -1.99. The molecule has 0 spiro atoms. The third kappa shape index (κ3) is 5.98. The van der Waals surface area contributed by atoms with Gasteiger partial charge in [-0.3, -0.25) is 0 Å². The van der Waals surface area contributed by atoms with Gasteiger partial charge in [-0.05, 0) is 0 Å². The second-order valence-electron chi connectivity index (χ2n) is 0.765. The zero-order valence-electron chi connectivity index (χ0n) is 3.44. The highest BCUT2D eigenvalue weighted by Crippen LogP contribution is 1.82. The van der Waals surface area contributed by atoms with Crippen LogP contribution >= 0.6 is 0 Å². The number of nitrogens with two attached hydrogens (primary N) is 1. The normalized spacial score (nSPS) is 15.8. The third-order valence-electron chi connectivity index (χ3n) is 0.150. The minimum Gasteiger partial charge on any atom is -0.749 e. The Morgan fingerprint density at radius 1 is 1.62 bits per heavy atom. The van der Waals surface area contributed by atoms with E-state index in [1.807, 2.05) is 0 Å². The molecule has 0 aromatic carbocycles. The molecule has 8 heavy (non-hydrogen) atoms. The van der Waals surface area contributed by atoms with Gasteiger partial charge in [0.25, 0.3) is 0 Å². The van der Waals surface area contributed by atoms with Gasteiger partial charge in [0, 0.05) is 0 Å². The molecule has 0 aliphatic rings. The summed E-state index contributed by atoms with van der Waals surface area (Å²) in [6.45, 7) is 0. The van der Waals surface area contributed by atoms with E-state index in [4.69, 9.17) is 0 Å². The van der Waals surface area contributed by atoms with E-state index in [-0.39, 0.29) is 0 Å². The van der Waals surface area contributed by atoms with Gasteiger partial charge in [-0.2, -0.15) is 12.0 Å². The SMILES string of the molecule is NS(=O)(=O)OS(=O)[O-]. The average molecular weight is 160 g/mol. The van der Waals surface area contributed by atoms with Gasteiger partial charge in [0.2, 0.25) is 0 Å². The molecule has 6 nitrogen and oxygen atoms in total. The van der Waals surface area contributed by atoms with Gasteiger partial charge in [0.05, 0.1) is 0 Å². The van der Waals surface area contributed by atoms with Crippen LogP contribution in [0.1, 0.15) is 0 Å². The zero-order chi connectivity index (χ0) is 6.78. The van der Waals surface area contributed by atoms with Crippen LogP contribution in [0.5, 0.6) is 0 Å². The van der Waals surface area contributed by atoms with Crippen LogP contribution in [0, 0.1) is 0 Å². The van der Waals surface area contributed by atoms with Crippen molar-refractivity contribution in [2.75, 3.05) is 0 Å². The van der Waals surface area contributed by atoms with E-state index in [1.54, 1.807) is 0 Å². The van der Waals surface area contributed by atoms with E-state index in [9.17, 15) is 17.2 Å². The molecule has 0 fully saturated rings. The van der Waals surface area contributed by atoms with Crippen LogP contribution in [-0.2, 0) is 25.3 Å². The minimum atomic E-state index is -4.34. The average Bonchev–Trinajstić information content (AvgIpc) is 1.21. The molecule has 8 heteroatoms. The van der Waals surface area contributed by atoms with Gasteiger partial charge in [0.1, 0.15) is 11.4 Å². The maximum absolute atomic E-state index is 9.60. The largest absolute Gasteiger partial charge is 0.749 e. The first-order valence-corrected chi connectivity index (χ1v) is 3.71. The molecule has 0 heterocycles. The van der Waals surface area contributed by atoms with Crippen LogP contribution in [0.15, 0.2) is 0 Å². The van der Waals surface area contributed by atoms with Gasteiger partial charge in [-0.15, -0.1) is 0 Å². The molecule has 50 valence electrons. The Morgan fingerprint density at radius 3 is 2.00 bits per heavy atom. The van der Waals surface area contributed by atoms with Crippen molar-refractivity contribution in [3.8, 4) is 0 Å². The maximum atomic E-state index is 9.60. The molecule has 0 aromatic heterocycles. The fourth-order valence-electron chi connectivity index (χ4n) is 0.0774. The highest BCUT2D eigenvalue weighted by molar-refractivity contribution is 7.93. The quantitative estimate of drug-likeness (QED) is 0.470. The Hall–Kier alpha value is -0.0200. The van der Waals surface area contributed by atoms with Crippen LogP contribution in [0.4, 0.5) is 0 Å². The smallest absolute Gasteiger partial charge is 0.345 e. The molecule has 0 aliphatic heterocycles. The van der Waals surface area contributed by atoms with Crippen molar-refractivity contribution < 1.29 is 20.8 Å². The van der Waals surface area contributed by atoms with Crippen molar-refractivity contribution in [3.05, 3.63) is 0 Å². The van der Waals surface area contributed by atoms with Gasteiger partial charge in [-0.1, -0.05) is 0 Å². The molecule has 0 rings (SSSR count). The van der Waals surface area contributed by atoms with Gasteiger partial charge in [0.15, 0.2) is 0 Å². The molecule has 1 atom stereocenters. The highest BCUT2D eigenvalue weighted by atomic mass is 32.3. The Bertz CT molecular complexity index is 177. The Morgan fingerprint density at radius 2 is 2.00 bits per heavy atom. The number of rotatable bonds is 2. The standard InChI is InChI=1S/H3NO5S2/c1-8(4,5)6-7(2)3/h(H,2,3)(H2,1,4,5)/p-1. The topological polar surface area (TPSA) is 110 Å². The molecule has 0 aliphatic carbocycles. The summed E-state index contributed by atoms with van der Waals surface area (Å²) >= 11 is -3.10. The second-order valence-corrected chi connectivity index (χ2v) is 2.70. The molecule has 2 N–H and O–H groups in total. The van der Waals surface area contributed by atoms with Crippen LogP contribution in [0.3, 0.4) is 0 Å². The van der Waals surface area contributed by atoms with Crippen molar-refractivity contribution in [3.63, 3.8) is 0 Å². The molecule has 0 saturated heterocycles. The summed E-state index contributed by atoms with van der Waals surface area (Å²) in [6.07, 6.45) is 0. The fraction of sp³-hybridized carbons (Fsp3) is 0. The van der Waals surface area contributed by atoms with Crippen molar-refractivity contribution >= 4 is 21.7 Å². The molecule has 0 bridgehead atoms. The monoisotopic (exact) mass is 160 g/mol. The molecular formula is H2NO5S2-. The summed E-state index contributed by atoms with van der Waals surface area (Å²) in [5, 5.41) is 4.09. The first kappa shape index (κ1) is 7.98. The molecule has 1 unspecified atom stereocenters. The van der Waals surface area contributed by atoms with E-state index >= 15 is 0 Å². The van der Waals surface area contributed by atoms with Gasteiger partial charge in [-0.25, -0.2) is 9.35 Å². The van der Waals surface area contributed by atoms with E-state index in [0.717, 1.165) is 0 Å². The Labute approximate surface area is 48.4 Å². The van der Waals surface area contributed by atoms with Crippen LogP contribution in [0.25, 0.3) is 0 Å². The summed E-state index contributed by atoms with van der Waals surface area (Å²) < 4.78 is 41.0. The molecule has 0 aromatic rings. The predicted molar refractivity (Wildman–Crippen MR) is 23.1 cm³/mol. The molecule has 0 amide bonds. The van der Waals surface area contributed by atoms with Crippen molar-refractivity contribution in [2.24, 2.45) is 5.14 Å². The number of hydrogen-bond donors (Lipinski definition) is 1. The summed E-state index contributed by atoms with van der Waals surface area (Å²) in [6, 6.07) is 0. The van der Waals surface area contributed by atoms with Gasteiger partial charge >= 0.3 is 10.3 Å². The summed E-state index contributed by atoms with van der Waals surface area (Å²) in [5.41, 5.74) is 0. The highest BCUT2D eigenvalue weighted by Gasteiger charge is 1.99. The number of hydrogen-bond acceptors (Lipinski definition) is 5. The van der Waals surface area contributed by atoms with E-state index in [0.29, 0.717) is 0 Å². The summed E-state index contributed by atoms with van der Waals surface area (Å²) in [5.74, 6) is 0. The third-order valence-corrected chi connectivity index (χ3v) is 1.35. The first-order chi connectivity index (χ1) is 3.42. The molecule has 0 radical (unpaired) electrons. The molecular weight excluding hydrogens is 158 g/mol. The lowest BCUT2D eigenvalue weighted by molar-refractivity contribution is 0.430. The minimum absolute atomic E-state index is 3.10. The lowest BCUT2D eigenvalue weighted by atomic mass is 13.9. The van der Waals surface area contributed by atoms with Crippen LogP contribution in [0.2, 0.25) is 0 Å². The maximum Gasteiger partial charge on any atom is 0.345 e. The van der Waals surface area contributed by atoms with E-state index < -0.39 is 21.7 Å². The Kier molecular flexibility index (Phi) is 2.50.